The highest BCUT2D eigenvalue weighted by Crippen LogP contribution is 2.39. The van der Waals surface area contributed by atoms with Crippen LogP contribution in [-0.4, -0.2) is 83.2 Å². The molecule has 3 heterocycles. The van der Waals surface area contributed by atoms with Crippen LogP contribution in [0.15, 0.2) is 35.2 Å². The molecule has 5 rings (SSSR count). The Morgan fingerprint density at radius 1 is 1.22 bits per heavy atom. The zero-order valence-electron chi connectivity index (χ0n) is 26.5. The predicted molar refractivity (Wildman–Crippen MR) is 176 cm³/mol. The molecule has 2 aliphatic rings. The molecule has 1 atom stereocenters. The van der Waals surface area contributed by atoms with E-state index in [1.165, 1.54) is 0 Å². The van der Waals surface area contributed by atoms with Crippen LogP contribution in [0.5, 0.6) is 5.75 Å². The number of nitrogens with one attached hydrogen (secondary N) is 3. The summed E-state index contributed by atoms with van der Waals surface area (Å²) in [5, 5.41) is 6.66. The van der Waals surface area contributed by atoms with Gasteiger partial charge in [-0.05, 0) is 29.9 Å². The van der Waals surface area contributed by atoms with Gasteiger partial charge in [-0.3, -0.25) is 14.5 Å². The van der Waals surface area contributed by atoms with E-state index in [1.807, 2.05) is 6.07 Å². The molecule has 50 heavy (non-hydrogen) atoms. The molecule has 3 aromatic rings. The van der Waals surface area contributed by atoms with Crippen LogP contribution in [0, 0.1) is 24.2 Å². The molecule has 3 N–H and O–H groups in total. The molecule has 1 unspecified atom stereocenters. The second kappa shape index (κ2) is 15.4. The molecular formula is C32H31F4N5O7S2. The number of fused-ring (bicyclic) bond motifs is 1. The molecule has 1 aromatic heterocycles. The highest BCUT2D eigenvalue weighted by atomic mass is 32.2. The summed E-state index contributed by atoms with van der Waals surface area (Å²) in [4.78, 5) is 27.0. The SMILES string of the molecule is [C-]#[N+]COc1cc(S(=O)(=O)NC(C)=O)c(F)cc1NCC#Cc1sc2c(NC3CCN(CC4COC(=O)O4)CC3)cccc2c1CC(F)(F)F. The van der Waals surface area contributed by atoms with Crippen LogP contribution >= 0.6 is 11.3 Å². The molecule has 12 nitrogen and oxygen atoms in total. The fourth-order valence-corrected chi connectivity index (χ4v) is 7.83. The summed E-state index contributed by atoms with van der Waals surface area (Å²) < 4.78 is 98.4. The summed E-state index contributed by atoms with van der Waals surface area (Å²) in [6, 6.07) is 6.79. The van der Waals surface area contributed by atoms with Gasteiger partial charge in [0, 0.05) is 44.7 Å². The van der Waals surface area contributed by atoms with Crippen LogP contribution < -0.4 is 20.1 Å². The number of nitrogens with zero attached hydrogens (tertiary/aromatic N) is 2. The van der Waals surface area contributed by atoms with Crippen molar-refractivity contribution in [3.63, 3.8) is 0 Å². The first-order valence-electron chi connectivity index (χ1n) is 15.2. The number of piperidine rings is 1. The summed E-state index contributed by atoms with van der Waals surface area (Å²) in [7, 11) is -4.57. The number of anilines is 2. The lowest BCUT2D eigenvalue weighted by Crippen LogP contribution is -2.43. The van der Waals surface area contributed by atoms with Crippen molar-refractivity contribution in [2.24, 2.45) is 0 Å². The number of carbonyl (C=O) groups excluding carboxylic acids is 2. The van der Waals surface area contributed by atoms with Gasteiger partial charge in [0.05, 0.1) is 33.9 Å². The van der Waals surface area contributed by atoms with Crippen LogP contribution in [0.4, 0.5) is 33.7 Å². The van der Waals surface area contributed by atoms with E-state index in [9.17, 15) is 35.6 Å². The third kappa shape index (κ3) is 9.26. The number of hydrogen-bond donors (Lipinski definition) is 3. The summed E-state index contributed by atoms with van der Waals surface area (Å²) >= 11 is 1.12. The van der Waals surface area contributed by atoms with Crippen molar-refractivity contribution in [3.05, 3.63) is 58.0 Å². The van der Waals surface area contributed by atoms with Gasteiger partial charge in [0.15, 0.2) is 11.9 Å². The molecule has 0 bridgehead atoms. The minimum Gasteiger partial charge on any atom is -0.430 e. The minimum atomic E-state index is -4.57. The lowest BCUT2D eigenvalue weighted by molar-refractivity contribution is -0.127. The van der Waals surface area contributed by atoms with Crippen molar-refractivity contribution in [1.29, 1.82) is 0 Å². The molecule has 2 aliphatic heterocycles. The number of ether oxygens (including phenoxy) is 3. The second-order valence-corrected chi connectivity index (χ2v) is 14.1. The van der Waals surface area contributed by atoms with Crippen LogP contribution in [0.25, 0.3) is 14.9 Å². The number of alkyl halides is 3. The van der Waals surface area contributed by atoms with Crippen LogP contribution in [0.3, 0.4) is 0 Å². The topological polar surface area (TPSA) is 140 Å². The number of sulfonamides is 1. The first-order valence-corrected chi connectivity index (χ1v) is 17.5. The average Bonchev–Trinajstić information content (AvgIpc) is 3.60. The maximum Gasteiger partial charge on any atom is 0.508 e. The Kier molecular flexibility index (Phi) is 11.2. The first-order chi connectivity index (χ1) is 23.7. The molecule has 18 heteroatoms. The molecule has 0 saturated carbocycles. The normalized spacial score (nSPS) is 16.9. The molecule has 0 radical (unpaired) electrons. The standard InChI is InChI=1S/C32H31F4N5O7S2/c1-19(42)40-50(44,45)29-14-27(47-18-37-2)26(13-24(29)33)38-10-4-7-28-23(15-32(34,35)36)22-5-3-6-25(30(22)49-28)39-20-8-11-41(12-9-20)16-21-17-46-31(43)48-21/h3,5-6,13-14,20-21,38-39H,8-12,15-18H2,1H3,(H,40,42). The van der Waals surface area contributed by atoms with Crippen molar-refractivity contribution in [3.8, 4) is 17.6 Å². The molecule has 0 aliphatic carbocycles. The van der Waals surface area contributed by atoms with Crippen LogP contribution in [-0.2, 0) is 30.7 Å². The number of benzene rings is 2. The van der Waals surface area contributed by atoms with E-state index in [0.717, 1.165) is 56.3 Å². The Morgan fingerprint density at radius 2 is 1.98 bits per heavy atom. The number of likely N-dealkylation sites (tertiary alicyclic amines) is 1. The third-order valence-electron chi connectivity index (χ3n) is 7.71. The molecule has 2 aromatic carbocycles. The summed E-state index contributed by atoms with van der Waals surface area (Å²) in [5.41, 5.74) is 0.644. The van der Waals surface area contributed by atoms with Crippen LogP contribution in [0.2, 0.25) is 0 Å². The molecular weight excluding hydrogens is 707 g/mol. The number of carbonyl (C=O) groups is 2. The Labute approximate surface area is 288 Å². The third-order valence-corrected chi connectivity index (χ3v) is 10.4. The maximum absolute atomic E-state index is 14.9. The Balaban J connectivity index is 1.33. The summed E-state index contributed by atoms with van der Waals surface area (Å²) in [6.07, 6.45) is -5.16. The Hall–Kier alpha value is -4.78. The van der Waals surface area contributed by atoms with E-state index in [2.05, 4.69) is 32.2 Å². The van der Waals surface area contributed by atoms with E-state index in [0.29, 0.717) is 22.3 Å². The van der Waals surface area contributed by atoms with Crippen LogP contribution in [0.1, 0.15) is 30.2 Å². The monoisotopic (exact) mass is 737 g/mol. The van der Waals surface area contributed by atoms with Crippen molar-refractivity contribution >= 4 is 54.9 Å². The molecule has 1 amide bonds. The quantitative estimate of drug-likeness (QED) is 0.105. The zero-order valence-corrected chi connectivity index (χ0v) is 28.1. The number of hydrogen-bond acceptors (Lipinski definition) is 11. The lowest BCUT2D eigenvalue weighted by atomic mass is 10.0. The van der Waals surface area contributed by atoms with E-state index < -0.39 is 52.1 Å². The van der Waals surface area contributed by atoms with Crippen molar-refractivity contribution in [1.82, 2.24) is 9.62 Å². The predicted octanol–water partition coefficient (Wildman–Crippen LogP) is 5.10. The number of rotatable bonds is 11. The van der Waals surface area contributed by atoms with E-state index in [-0.39, 0.29) is 47.2 Å². The first kappa shape index (κ1) is 36.5. The van der Waals surface area contributed by atoms with Gasteiger partial charge in [0.2, 0.25) is 5.91 Å². The van der Waals surface area contributed by atoms with Gasteiger partial charge in [-0.2, -0.15) is 13.2 Å². The zero-order chi connectivity index (χ0) is 36.1. The van der Waals surface area contributed by atoms with Crippen molar-refractivity contribution in [2.75, 3.05) is 50.2 Å². The number of cyclic esters (lactones) is 2. The highest BCUT2D eigenvalue weighted by Gasteiger charge is 2.32. The number of amides is 1. The van der Waals surface area contributed by atoms with E-state index in [4.69, 9.17) is 20.8 Å². The maximum atomic E-state index is 14.9. The molecule has 266 valence electrons. The number of halogens is 4. The molecule has 2 fully saturated rings. The molecule has 0 spiro atoms. The Bertz CT molecular complexity index is 1980. The van der Waals surface area contributed by atoms with Gasteiger partial charge in [0.25, 0.3) is 10.0 Å². The number of thiophene rings is 1. The van der Waals surface area contributed by atoms with Gasteiger partial charge < -0.3 is 24.8 Å². The smallest absolute Gasteiger partial charge is 0.430 e. The lowest BCUT2D eigenvalue weighted by Gasteiger charge is -2.33. The highest BCUT2D eigenvalue weighted by molar-refractivity contribution is 7.90. The van der Waals surface area contributed by atoms with Gasteiger partial charge in [-0.15, -0.1) is 11.3 Å². The summed E-state index contributed by atoms with van der Waals surface area (Å²) in [5.74, 6) is 3.17. The largest absolute Gasteiger partial charge is 0.508 e. The minimum absolute atomic E-state index is 0.0245. The molecule has 2 saturated heterocycles. The fraction of sp³-hybridized carbons (Fsp3) is 0.406. The average molecular weight is 738 g/mol. The van der Waals surface area contributed by atoms with Gasteiger partial charge in [-0.25, -0.2) is 28.9 Å². The van der Waals surface area contributed by atoms with Gasteiger partial charge in [-0.1, -0.05) is 24.0 Å². The van der Waals surface area contributed by atoms with Gasteiger partial charge in [0.1, 0.15) is 17.3 Å². The Morgan fingerprint density at radius 3 is 2.64 bits per heavy atom. The summed E-state index contributed by atoms with van der Waals surface area (Å²) in [6.45, 7) is 9.42. The van der Waals surface area contributed by atoms with Crippen molar-refractivity contribution in [2.45, 2.75) is 49.4 Å². The van der Waals surface area contributed by atoms with Crippen molar-refractivity contribution < 1.29 is 49.8 Å². The van der Waals surface area contributed by atoms with E-state index >= 15 is 0 Å². The fourth-order valence-electron chi connectivity index (χ4n) is 5.59. The van der Waals surface area contributed by atoms with Gasteiger partial charge >= 0.3 is 19.1 Å². The second-order valence-electron chi connectivity index (χ2n) is 11.4. The van der Waals surface area contributed by atoms with E-state index in [1.54, 1.807) is 16.9 Å².